The lowest BCUT2D eigenvalue weighted by Gasteiger charge is -2.15. The summed E-state index contributed by atoms with van der Waals surface area (Å²) in [6, 6.07) is 0. The Balaban J connectivity index is 3.56. The van der Waals surface area contributed by atoms with Gasteiger partial charge in [-0.15, -0.1) is 0 Å². The lowest BCUT2D eigenvalue weighted by Crippen LogP contribution is -2.02. The summed E-state index contributed by atoms with van der Waals surface area (Å²) in [5, 5.41) is 0. The van der Waals surface area contributed by atoms with Crippen molar-refractivity contribution in [2.24, 2.45) is 5.92 Å². The Morgan fingerprint density at radius 2 is 0.957 bits per heavy atom. The Morgan fingerprint density at radius 3 is 1.35 bits per heavy atom. The Hall–Kier alpha value is -0.330. The van der Waals surface area contributed by atoms with Gasteiger partial charge in [0.1, 0.15) is 6.29 Å². The van der Waals surface area contributed by atoms with Gasteiger partial charge in [-0.3, -0.25) is 0 Å². The van der Waals surface area contributed by atoms with Crippen molar-refractivity contribution in [3.63, 3.8) is 0 Å². The summed E-state index contributed by atoms with van der Waals surface area (Å²) in [5.74, 6) is 0.812. The Bertz CT molecular complexity index is 224. The normalized spacial score (nSPS) is 12.4. The van der Waals surface area contributed by atoms with Gasteiger partial charge in [-0.25, -0.2) is 0 Å². The van der Waals surface area contributed by atoms with E-state index in [0.717, 1.165) is 25.0 Å². The fourth-order valence-corrected chi connectivity index (χ4v) is 3.52. The SMILES string of the molecule is CCCCCCCCCCC(CCC=O)CCCCCCCC. The van der Waals surface area contributed by atoms with Crippen molar-refractivity contribution in [3.05, 3.63) is 0 Å². The molecule has 0 saturated carbocycles. The number of unbranched alkanes of at least 4 members (excludes halogenated alkanes) is 12. The maximum absolute atomic E-state index is 10.7. The molecule has 0 spiro atoms. The molecule has 0 saturated heterocycles. The first-order valence-corrected chi connectivity index (χ1v) is 10.8. The molecule has 0 fully saturated rings. The van der Waals surface area contributed by atoms with Gasteiger partial charge in [0.05, 0.1) is 0 Å². The molecule has 0 N–H and O–H groups in total. The molecule has 0 aromatic heterocycles. The number of aldehydes is 1. The van der Waals surface area contributed by atoms with E-state index < -0.39 is 0 Å². The summed E-state index contributed by atoms with van der Waals surface area (Å²) >= 11 is 0. The third-order valence-corrected chi connectivity index (χ3v) is 5.12. The highest BCUT2D eigenvalue weighted by atomic mass is 16.1. The van der Waals surface area contributed by atoms with Crippen molar-refractivity contribution in [1.29, 1.82) is 0 Å². The van der Waals surface area contributed by atoms with Gasteiger partial charge >= 0.3 is 0 Å². The van der Waals surface area contributed by atoms with Crippen molar-refractivity contribution in [1.82, 2.24) is 0 Å². The lowest BCUT2D eigenvalue weighted by molar-refractivity contribution is -0.108. The van der Waals surface area contributed by atoms with Crippen molar-refractivity contribution in [3.8, 4) is 0 Å². The third kappa shape index (κ3) is 17.9. The molecule has 0 aromatic rings. The number of carbonyl (C=O) groups excluding carboxylic acids is 1. The standard InChI is InChI=1S/C22H44O/c1-3-5-7-9-11-12-14-16-19-22(20-17-21-23)18-15-13-10-8-6-4-2/h21-22H,3-20H2,1-2H3. The molecule has 0 aliphatic heterocycles. The third-order valence-electron chi connectivity index (χ3n) is 5.12. The summed E-state index contributed by atoms with van der Waals surface area (Å²) in [4.78, 5) is 10.7. The highest BCUT2D eigenvalue weighted by molar-refractivity contribution is 5.49. The molecule has 0 aliphatic carbocycles. The van der Waals surface area contributed by atoms with Crippen LogP contribution in [0.5, 0.6) is 0 Å². The van der Waals surface area contributed by atoms with E-state index in [1.165, 1.54) is 103 Å². The van der Waals surface area contributed by atoms with E-state index in [0.29, 0.717) is 0 Å². The van der Waals surface area contributed by atoms with Crippen LogP contribution < -0.4 is 0 Å². The quantitative estimate of drug-likeness (QED) is 0.174. The summed E-state index contributed by atoms with van der Waals surface area (Å²) in [6.45, 7) is 4.56. The molecule has 23 heavy (non-hydrogen) atoms. The van der Waals surface area contributed by atoms with Crippen LogP contribution in [-0.2, 0) is 4.79 Å². The van der Waals surface area contributed by atoms with Crippen molar-refractivity contribution in [2.45, 2.75) is 129 Å². The van der Waals surface area contributed by atoms with Gasteiger partial charge in [0, 0.05) is 6.42 Å². The molecule has 0 rings (SSSR count). The number of hydrogen-bond donors (Lipinski definition) is 0. The van der Waals surface area contributed by atoms with E-state index in [2.05, 4.69) is 13.8 Å². The average molecular weight is 325 g/mol. The molecule has 0 radical (unpaired) electrons. The summed E-state index contributed by atoms with van der Waals surface area (Å²) in [5.41, 5.74) is 0. The van der Waals surface area contributed by atoms with Crippen LogP contribution in [0.2, 0.25) is 0 Å². The maximum Gasteiger partial charge on any atom is 0.120 e. The smallest absolute Gasteiger partial charge is 0.120 e. The second-order valence-electron chi connectivity index (χ2n) is 7.43. The first kappa shape index (κ1) is 22.7. The minimum Gasteiger partial charge on any atom is -0.303 e. The predicted octanol–water partition coefficient (Wildman–Crippen LogP) is 7.86. The van der Waals surface area contributed by atoms with Gasteiger partial charge in [-0.05, 0) is 12.3 Å². The molecule has 1 nitrogen and oxygen atoms in total. The average Bonchev–Trinajstić information content (AvgIpc) is 2.57. The molecule has 0 amide bonds. The molecule has 0 aromatic carbocycles. The minimum atomic E-state index is 0.775. The lowest BCUT2D eigenvalue weighted by atomic mass is 9.90. The largest absolute Gasteiger partial charge is 0.303 e. The van der Waals surface area contributed by atoms with E-state index in [1.807, 2.05) is 0 Å². The molecular formula is C22H44O. The molecule has 1 heteroatoms. The van der Waals surface area contributed by atoms with Crippen molar-refractivity contribution in [2.75, 3.05) is 0 Å². The van der Waals surface area contributed by atoms with Crippen molar-refractivity contribution >= 4 is 6.29 Å². The number of hydrogen-bond acceptors (Lipinski definition) is 1. The first-order valence-electron chi connectivity index (χ1n) is 10.8. The van der Waals surface area contributed by atoms with Crippen LogP contribution in [-0.4, -0.2) is 6.29 Å². The van der Waals surface area contributed by atoms with Gasteiger partial charge < -0.3 is 4.79 Å². The zero-order valence-electron chi connectivity index (χ0n) is 16.3. The fraction of sp³-hybridized carbons (Fsp3) is 0.955. The topological polar surface area (TPSA) is 17.1 Å². The molecule has 1 unspecified atom stereocenters. The molecule has 0 bridgehead atoms. The van der Waals surface area contributed by atoms with E-state index in [4.69, 9.17) is 0 Å². The zero-order valence-corrected chi connectivity index (χ0v) is 16.3. The van der Waals surface area contributed by atoms with Crippen LogP contribution in [0.25, 0.3) is 0 Å². The molecule has 138 valence electrons. The first-order chi connectivity index (χ1) is 11.3. The molecule has 1 atom stereocenters. The van der Waals surface area contributed by atoms with Gasteiger partial charge in [-0.2, -0.15) is 0 Å². The van der Waals surface area contributed by atoms with Crippen LogP contribution in [0.4, 0.5) is 0 Å². The van der Waals surface area contributed by atoms with E-state index >= 15 is 0 Å². The Labute approximate surface area is 147 Å². The molecule has 0 aliphatic rings. The van der Waals surface area contributed by atoms with Crippen LogP contribution in [0.15, 0.2) is 0 Å². The summed E-state index contributed by atoms with van der Waals surface area (Å²) in [7, 11) is 0. The van der Waals surface area contributed by atoms with E-state index in [1.54, 1.807) is 0 Å². The second kappa shape index (κ2) is 19.7. The van der Waals surface area contributed by atoms with Gasteiger partial charge in [-0.1, -0.05) is 117 Å². The van der Waals surface area contributed by atoms with Crippen LogP contribution in [0.3, 0.4) is 0 Å². The van der Waals surface area contributed by atoms with Crippen molar-refractivity contribution < 1.29 is 4.79 Å². The van der Waals surface area contributed by atoms with Gasteiger partial charge in [0.15, 0.2) is 0 Å². The Morgan fingerprint density at radius 1 is 0.565 bits per heavy atom. The monoisotopic (exact) mass is 324 g/mol. The van der Waals surface area contributed by atoms with Gasteiger partial charge in [0.2, 0.25) is 0 Å². The van der Waals surface area contributed by atoms with Crippen LogP contribution in [0, 0.1) is 5.92 Å². The highest BCUT2D eigenvalue weighted by Gasteiger charge is 2.08. The zero-order chi connectivity index (χ0) is 17.0. The molecular weight excluding hydrogens is 280 g/mol. The maximum atomic E-state index is 10.7. The minimum absolute atomic E-state index is 0.775. The number of rotatable bonds is 19. The highest BCUT2D eigenvalue weighted by Crippen LogP contribution is 2.23. The summed E-state index contributed by atoms with van der Waals surface area (Å²) < 4.78 is 0. The van der Waals surface area contributed by atoms with E-state index in [-0.39, 0.29) is 0 Å². The van der Waals surface area contributed by atoms with Crippen LogP contribution in [0.1, 0.15) is 129 Å². The van der Waals surface area contributed by atoms with Crippen LogP contribution >= 0.6 is 0 Å². The second-order valence-corrected chi connectivity index (χ2v) is 7.43. The molecule has 0 heterocycles. The number of carbonyl (C=O) groups is 1. The Kier molecular flexibility index (Phi) is 19.4. The van der Waals surface area contributed by atoms with Gasteiger partial charge in [0.25, 0.3) is 0 Å². The predicted molar refractivity (Wildman–Crippen MR) is 104 cm³/mol. The summed E-state index contributed by atoms with van der Waals surface area (Å²) in [6.07, 6.45) is 25.3. The van der Waals surface area contributed by atoms with E-state index in [9.17, 15) is 4.79 Å². The fourth-order valence-electron chi connectivity index (χ4n) is 3.52.